The fourth-order valence-electron chi connectivity index (χ4n) is 5.13. The third kappa shape index (κ3) is 3.93. The van der Waals surface area contributed by atoms with Gasteiger partial charge in [-0.3, -0.25) is 9.69 Å². The van der Waals surface area contributed by atoms with Crippen molar-refractivity contribution in [2.45, 2.75) is 64.1 Å². The average molecular weight is 431 g/mol. The van der Waals surface area contributed by atoms with Gasteiger partial charge < -0.3 is 4.90 Å². The first-order chi connectivity index (χ1) is 13.8. The zero-order valence-corrected chi connectivity index (χ0v) is 18.8. The molecule has 4 rings (SSSR count). The van der Waals surface area contributed by atoms with Crippen molar-refractivity contribution in [1.82, 2.24) is 4.90 Å². The monoisotopic (exact) mass is 430 g/mol. The highest BCUT2D eigenvalue weighted by Crippen LogP contribution is 2.44. The van der Waals surface area contributed by atoms with Gasteiger partial charge in [0.15, 0.2) is 0 Å². The molecule has 0 bridgehead atoms. The number of benzene rings is 2. The minimum atomic E-state index is -0.215. The normalized spacial score (nSPS) is 23.8. The molecular weight excluding hydrogens is 403 g/mol. The molecule has 0 saturated carbocycles. The number of likely N-dealkylation sites (tertiary alicyclic amines) is 1. The van der Waals surface area contributed by atoms with Crippen molar-refractivity contribution in [3.05, 3.63) is 63.6 Å². The van der Waals surface area contributed by atoms with E-state index in [9.17, 15) is 4.79 Å². The van der Waals surface area contributed by atoms with Gasteiger partial charge in [0.2, 0.25) is 5.91 Å². The van der Waals surface area contributed by atoms with Crippen molar-refractivity contribution >= 4 is 34.8 Å². The summed E-state index contributed by atoms with van der Waals surface area (Å²) in [6, 6.07) is 13.8. The van der Waals surface area contributed by atoms with E-state index in [1.807, 2.05) is 18.2 Å². The van der Waals surface area contributed by atoms with Gasteiger partial charge in [0, 0.05) is 27.8 Å². The topological polar surface area (TPSA) is 23.6 Å². The summed E-state index contributed by atoms with van der Waals surface area (Å²) in [6.45, 7) is 8.16. The maximum absolute atomic E-state index is 13.9. The molecule has 0 spiro atoms. The zero-order chi connectivity index (χ0) is 20.8. The molecule has 5 heteroatoms. The molecule has 0 N–H and O–H groups in total. The van der Waals surface area contributed by atoms with Crippen molar-refractivity contribution < 1.29 is 4.79 Å². The maximum Gasteiger partial charge on any atom is 0.244 e. The minimum absolute atomic E-state index is 0.134. The van der Waals surface area contributed by atoms with Crippen LogP contribution in [0, 0.1) is 0 Å². The summed E-state index contributed by atoms with van der Waals surface area (Å²) < 4.78 is 0. The van der Waals surface area contributed by atoms with Crippen molar-refractivity contribution in [2.75, 3.05) is 11.4 Å². The summed E-state index contributed by atoms with van der Waals surface area (Å²) in [6.07, 6.45) is 2.85. The molecule has 29 heavy (non-hydrogen) atoms. The molecular formula is C24H28Cl2N2O. The SMILES string of the molecule is CC1CC(C)(C)N(C(=O)[C@@H]2CCCN2Cc2cc(Cl)ccc2Cl)c2ccccc21. The molecule has 1 unspecified atom stereocenters. The lowest BCUT2D eigenvalue weighted by atomic mass is 9.79. The van der Waals surface area contributed by atoms with Gasteiger partial charge in [0.05, 0.1) is 6.04 Å². The maximum atomic E-state index is 13.9. The molecule has 2 aromatic rings. The van der Waals surface area contributed by atoms with E-state index < -0.39 is 0 Å². The molecule has 1 fully saturated rings. The first-order valence-electron chi connectivity index (χ1n) is 10.4. The van der Waals surface area contributed by atoms with Crippen molar-refractivity contribution in [2.24, 2.45) is 0 Å². The molecule has 154 valence electrons. The quantitative estimate of drug-likeness (QED) is 0.571. The van der Waals surface area contributed by atoms with E-state index in [1.54, 1.807) is 6.07 Å². The number of halogens is 2. The van der Waals surface area contributed by atoms with Gasteiger partial charge >= 0.3 is 0 Å². The van der Waals surface area contributed by atoms with Crippen LogP contribution in [0.3, 0.4) is 0 Å². The lowest BCUT2D eigenvalue weighted by Gasteiger charge is -2.47. The third-order valence-corrected chi connectivity index (χ3v) is 6.97. The molecule has 0 radical (unpaired) electrons. The first-order valence-corrected chi connectivity index (χ1v) is 11.1. The molecule has 2 atom stereocenters. The number of hydrogen-bond acceptors (Lipinski definition) is 2. The lowest BCUT2D eigenvalue weighted by Crippen LogP contribution is -2.56. The Balaban J connectivity index is 1.64. The Labute approximate surface area is 183 Å². The van der Waals surface area contributed by atoms with Crippen LogP contribution in [0.2, 0.25) is 10.0 Å². The Kier molecular flexibility index (Phi) is 5.67. The smallest absolute Gasteiger partial charge is 0.244 e. The number of hydrogen-bond donors (Lipinski definition) is 0. The number of para-hydroxylation sites is 1. The van der Waals surface area contributed by atoms with Crippen LogP contribution in [0.1, 0.15) is 57.1 Å². The molecule has 2 heterocycles. The Hall–Kier alpha value is -1.55. The Morgan fingerprint density at radius 3 is 2.72 bits per heavy atom. The predicted molar refractivity (Wildman–Crippen MR) is 121 cm³/mol. The van der Waals surface area contributed by atoms with Crippen molar-refractivity contribution in [3.63, 3.8) is 0 Å². The summed E-state index contributed by atoms with van der Waals surface area (Å²) in [5.41, 5.74) is 3.09. The fourth-order valence-corrected chi connectivity index (χ4v) is 5.50. The molecule has 3 nitrogen and oxygen atoms in total. The standard InChI is InChI=1S/C24H28Cl2N2O/c1-16-14-24(2,3)28(21-8-5-4-7-19(16)21)23(29)22-9-6-12-27(22)15-17-13-18(25)10-11-20(17)26/h4-5,7-8,10-11,13,16,22H,6,9,12,14-15H2,1-3H3/t16?,22-/m0/s1. The van der Waals surface area contributed by atoms with E-state index >= 15 is 0 Å². The fraction of sp³-hybridized carbons (Fsp3) is 0.458. The molecule has 0 aromatic heterocycles. The van der Waals surface area contributed by atoms with Crippen LogP contribution in [0.15, 0.2) is 42.5 Å². The Morgan fingerprint density at radius 1 is 1.17 bits per heavy atom. The highest BCUT2D eigenvalue weighted by Gasteiger charge is 2.44. The highest BCUT2D eigenvalue weighted by molar-refractivity contribution is 6.33. The number of carbonyl (C=O) groups is 1. The van der Waals surface area contributed by atoms with Crippen LogP contribution in [0.25, 0.3) is 0 Å². The Bertz CT molecular complexity index is 927. The second kappa shape index (κ2) is 7.94. The van der Waals surface area contributed by atoms with Crippen molar-refractivity contribution in [3.8, 4) is 0 Å². The summed E-state index contributed by atoms with van der Waals surface area (Å²) in [4.78, 5) is 18.2. The Morgan fingerprint density at radius 2 is 1.93 bits per heavy atom. The summed E-state index contributed by atoms with van der Waals surface area (Å²) >= 11 is 12.6. The third-order valence-electron chi connectivity index (χ3n) is 6.37. The van der Waals surface area contributed by atoms with Gasteiger partial charge in [-0.05, 0) is 81.0 Å². The zero-order valence-electron chi connectivity index (χ0n) is 17.3. The van der Waals surface area contributed by atoms with Crippen molar-refractivity contribution in [1.29, 1.82) is 0 Å². The van der Waals surface area contributed by atoms with Crippen LogP contribution >= 0.6 is 23.2 Å². The molecule has 0 aliphatic carbocycles. The summed E-state index contributed by atoms with van der Waals surface area (Å²) in [5, 5.41) is 1.37. The molecule has 1 amide bonds. The number of anilines is 1. The average Bonchev–Trinajstić information content (AvgIpc) is 3.12. The van der Waals surface area contributed by atoms with Gasteiger partial charge in [0.1, 0.15) is 0 Å². The number of amides is 1. The van der Waals surface area contributed by atoms with Gasteiger partial charge in [0.25, 0.3) is 0 Å². The number of fused-ring (bicyclic) bond motifs is 1. The first kappa shape index (κ1) is 20.7. The van der Waals surface area contributed by atoms with E-state index in [1.165, 1.54) is 5.56 Å². The number of carbonyl (C=O) groups excluding carboxylic acids is 1. The second-order valence-corrected chi connectivity index (χ2v) is 9.86. The van der Waals surface area contributed by atoms with Crippen LogP contribution in [0.5, 0.6) is 0 Å². The van der Waals surface area contributed by atoms with Crippen LogP contribution < -0.4 is 4.90 Å². The van der Waals surface area contributed by atoms with Crippen LogP contribution in [-0.4, -0.2) is 28.9 Å². The molecule has 2 aliphatic rings. The van der Waals surface area contributed by atoms with E-state index in [0.717, 1.165) is 37.1 Å². The predicted octanol–water partition coefficient (Wildman–Crippen LogP) is 6.28. The minimum Gasteiger partial charge on any atom is -0.305 e. The largest absolute Gasteiger partial charge is 0.305 e. The summed E-state index contributed by atoms with van der Waals surface area (Å²) in [5.74, 6) is 0.639. The van der Waals surface area contributed by atoms with E-state index in [0.29, 0.717) is 22.5 Å². The van der Waals surface area contributed by atoms with Gasteiger partial charge in [-0.15, -0.1) is 0 Å². The molecule has 2 aliphatic heterocycles. The van der Waals surface area contributed by atoms with E-state index in [2.05, 4.69) is 48.8 Å². The highest BCUT2D eigenvalue weighted by atomic mass is 35.5. The van der Waals surface area contributed by atoms with Gasteiger partial charge in [-0.2, -0.15) is 0 Å². The van der Waals surface area contributed by atoms with Crippen LogP contribution in [0.4, 0.5) is 5.69 Å². The van der Waals surface area contributed by atoms with Gasteiger partial charge in [-0.25, -0.2) is 0 Å². The second-order valence-electron chi connectivity index (χ2n) is 9.01. The number of rotatable bonds is 3. The van der Waals surface area contributed by atoms with Gasteiger partial charge in [-0.1, -0.05) is 48.3 Å². The van der Waals surface area contributed by atoms with E-state index in [4.69, 9.17) is 23.2 Å². The lowest BCUT2D eigenvalue weighted by molar-refractivity contribution is -0.124. The van der Waals surface area contributed by atoms with E-state index in [-0.39, 0.29) is 17.5 Å². The summed E-state index contributed by atoms with van der Waals surface area (Å²) in [7, 11) is 0. The number of nitrogens with zero attached hydrogens (tertiary/aromatic N) is 2. The molecule has 1 saturated heterocycles. The molecule has 2 aromatic carbocycles. The van der Waals surface area contributed by atoms with Crippen LogP contribution in [-0.2, 0) is 11.3 Å².